The van der Waals surface area contributed by atoms with E-state index in [1.165, 1.54) is 0 Å². The molecule has 0 heterocycles. The first-order valence-electron chi connectivity index (χ1n) is 8.47. The number of amides is 1. The van der Waals surface area contributed by atoms with Crippen molar-refractivity contribution in [3.63, 3.8) is 0 Å². The summed E-state index contributed by atoms with van der Waals surface area (Å²) in [4.78, 5) is 23.9. The number of hydrogen-bond acceptors (Lipinski definition) is 4. The third-order valence-electron chi connectivity index (χ3n) is 3.71. The number of aryl methyl sites for hydroxylation is 1. The summed E-state index contributed by atoms with van der Waals surface area (Å²) in [5.41, 5.74) is 1.96. The third-order valence-corrected chi connectivity index (χ3v) is 3.71. The van der Waals surface area contributed by atoms with E-state index in [9.17, 15) is 9.59 Å². The second-order valence-electron chi connectivity index (χ2n) is 5.93. The molecule has 0 aliphatic carbocycles. The Morgan fingerprint density at radius 1 is 0.852 bits per heavy atom. The Hall–Kier alpha value is -3.60. The summed E-state index contributed by atoms with van der Waals surface area (Å²) in [6.45, 7) is 1.53. The molecule has 0 saturated carbocycles. The Labute approximate surface area is 157 Å². The fourth-order valence-electron chi connectivity index (χ4n) is 2.41. The molecule has 136 valence electrons. The third kappa shape index (κ3) is 5.44. The average Bonchev–Trinajstić information content (AvgIpc) is 2.68. The first-order valence-corrected chi connectivity index (χ1v) is 8.47. The highest BCUT2D eigenvalue weighted by atomic mass is 16.5. The van der Waals surface area contributed by atoms with Crippen molar-refractivity contribution in [2.24, 2.45) is 0 Å². The molecule has 0 unspecified atom stereocenters. The SMILES string of the molecule is Cc1cccc(C(=O)OCC(=O)Nc2ccc(Oc3ccccc3)cc2)c1. The molecule has 0 fully saturated rings. The molecule has 0 aliphatic rings. The van der Waals surface area contributed by atoms with Gasteiger partial charge in [0.25, 0.3) is 5.91 Å². The predicted octanol–water partition coefficient (Wildman–Crippen LogP) is 4.58. The van der Waals surface area contributed by atoms with E-state index in [0.717, 1.165) is 11.3 Å². The van der Waals surface area contributed by atoms with E-state index in [2.05, 4.69) is 5.32 Å². The van der Waals surface area contributed by atoms with Gasteiger partial charge in [0, 0.05) is 5.69 Å². The van der Waals surface area contributed by atoms with Crippen molar-refractivity contribution in [3.05, 3.63) is 90.0 Å². The molecule has 3 aromatic rings. The maximum atomic E-state index is 12.0. The summed E-state index contributed by atoms with van der Waals surface area (Å²) in [5, 5.41) is 2.68. The molecule has 1 amide bonds. The molecule has 1 N–H and O–H groups in total. The molecule has 0 atom stereocenters. The zero-order chi connectivity index (χ0) is 19.1. The second-order valence-corrected chi connectivity index (χ2v) is 5.93. The molecule has 3 aromatic carbocycles. The molecule has 0 bridgehead atoms. The van der Waals surface area contributed by atoms with Gasteiger partial charge in [-0.25, -0.2) is 4.79 Å². The van der Waals surface area contributed by atoms with Crippen molar-refractivity contribution in [3.8, 4) is 11.5 Å². The van der Waals surface area contributed by atoms with Gasteiger partial charge in [0.1, 0.15) is 11.5 Å². The second kappa shape index (κ2) is 8.67. The van der Waals surface area contributed by atoms with E-state index in [1.54, 1.807) is 42.5 Å². The highest BCUT2D eigenvalue weighted by molar-refractivity contribution is 5.95. The van der Waals surface area contributed by atoms with E-state index in [4.69, 9.17) is 9.47 Å². The summed E-state index contributed by atoms with van der Waals surface area (Å²) in [7, 11) is 0. The lowest BCUT2D eigenvalue weighted by molar-refractivity contribution is -0.119. The predicted molar refractivity (Wildman–Crippen MR) is 103 cm³/mol. The van der Waals surface area contributed by atoms with Crippen LogP contribution >= 0.6 is 0 Å². The van der Waals surface area contributed by atoms with Gasteiger partial charge in [0.05, 0.1) is 5.56 Å². The van der Waals surface area contributed by atoms with Gasteiger partial charge in [0.15, 0.2) is 6.61 Å². The Morgan fingerprint density at radius 3 is 2.26 bits per heavy atom. The van der Waals surface area contributed by atoms with Crippen molar-refractivity contribution >= 4 is 17.6 Å². The monoisotopic (exact) mass is 361 g/mol. The number of carbonyl (C=O) groups is 2. The van der Waals surface area contributed by atoms with Crippen LogP contribution in [-0.2, 0) is 9.53 Å². The maximum absolute atomic E-state index is 12.0. The maximum Gasteiger partial charge on any atom is 0.338 e. The van der Waals surface area contributed by atoms with Gasteiger partial charge in [-0.15, -0.1) is 0 Å². The van der Waals surface area contributed by atoms with Gasteiger partial charge < -0.3 is 14.8 Å². The van der Waals surface area contributed by atoms with Crippen LogP contribution in [0.4, 0.5) is 5.69 Å². The lowest BCUT2D eigenvalue weighted by atomic mass is 10.1. The molecule has 5 nitrogen and oxygen atoms in total. The molecule has 0 radical (unpaired) electrons. The average molecular weight is 361 g/mol. The number of para-hydroxylation sites is 1. The van der Waals surface area contributed by atoms with Gasteiger partial charge in [-0.1, -0.05) is 35.9 Å². The lowest BCUT2D eigenvalue weighted by Gasteiger charge is -2.09. The smallest absolute Gasteiger partial charge is 0.338 e. The Morgan fingerprint density at radius 2 is 1.56 bits per heavy atom. The molecule has 0 aromatic heterocycles. The molecule has 27 heavy (non-hydrogen) atoms. The van der Waals surface area contributed by atoms with E-state index in [0.29, 0.717) is 17.0 Å². The number of anilines is 1. The normalized spacial score (nSPS) is 10.1. The van der Waals surface area contributed by atoms with Crippen LogP contribution in [0, 0.1) is 6.92 Å². The van der Waals surface area contributed by atoms with Gasteiger partial charge >= 0.3 is 5.97 Å². The van der Waals surface area contributed by atoms with Crippen LogP contribution < -0.4 is 10.1 Å². The van der Waals surface area contributed by atoms with Crippen LogP contribution in [0.2, 0.25) is 0 Å². The molecule has 5 heteroatoms. The van der Waals surface area contributed by atoms with Crippen LogP contribution in [0.5, 0.6) is 11.5 Å². The molecule has 0 saturated heterocycles. The molecular weight excluding hydrogens is 342 g/mol. The highest BCUT2D eigenvalue weighted by Crippen LogP contribution is 2.22. The first-order chi connectivity index (χ1) is 13.1. The number of benzene rings is 3. The molecule has 0 aliphatic heterocycles. The first kappa shape index (κ1) is 18.2. The fraction of sp³-hybridized carbons (Fsp3) is 0.0909. The quantitative estimate of drug-likeness (QED) is 0.653. The van der Waals surface area contributed by atoms with Crippen LogP contribution in [0.1, 0.15) is 15.9 Å². The summed E-state index contributed by atoms with van der Waals surface area (Å²) < 4.78 is 10.7. The molecule has 0 spiro atoms. The Balaban J connectivity index is 1.50. The van der Waals surface area contributed by atoms with E-state index in [-0.39, 0.29) is 6.61 Å². The molecular formula is C22H19NO4. The van der Waals surface area contributed by atoms with Gasteiger partial charge in [-0.3, -0.25) is 4.79 Å². The van der Waals surface area contributed by atoms with Crippen molar-refractivity contribution < 1.29 is 19.1 Å². The van der Waals surface area contributed by atoms with Gasteiger partial charge in [-0.2, -0.15) is 0 Å². The largest absolute Gasteiger partial charge is 0.457 e. The van der Waals surface area contributed by atoms with E-state index < -0.39 is 11.9 Å². The zero-order valence-corrected chi connectivity index (χ0v) is 14.8. The highest BCUT2D eigenvalue weighted by Gasteiger charge is 2.10. The van der Waals surface area contributed by atoms with E-state index >= 15 is 0 Å². The Kier molecular flexibility index (Phi) is 5.84. The minimum absolute atomic E-state index is 0.352. The fourth-order valence-corrected chi connectivity index (χ4v) is 2.41. The molecule has 3 rings (SSSR count). The van der Waals surface area contributed by atoms with Crippen molar-refractivity contribution in [2.75, 3.05) is 11.9 Å². The van der Waals surface area contributed by atoms with Crippen LogP contribution in [0.3, 0.4) is 0 Å². The number of hydrogen-bond donors (Lipinski definition) is 1. The minimum Gasteiger partial charge on any atom is -0.457 e. The van der Waals surface area contributed by atoms with Crippen molar-refractivity contribution in [1.82, 2.24) is 0 Å². The van der Waals surface area contributed by atoms with Gasteiger partial charge in [0.2, 0.25) is 0 Å². The number of rotatable bonds is 6. The van der Waals surface area contributed by atoms with Crippen LogP contribution in [0.25, 0.3) is 0 Å². The van der Waals surface area contributed by atoms with Crippen molar-refractivity contribution in [1.29, 1.82) is 0 Å². The zero-order valence-electron chi connectivity index (χ0n) is 14.8. The summed E-state index contributed by atoms with van der Waals surface area (Å²) in [6.07, 6.45) is 0. The standard InChI is InChI=1S/C22H19NO4/c1-16-6-5-7-17(14-16)22(25)26-15-21(24)23-18-10-12-20(13-11-18)27-19-8-3-2-4-9-19/h2-14H,15H2,1H3,(H,23,24). The Bertz CT molecular complexity index is 921. The summed E-state index contributed by atoms with van der Waals surface area (Å²) >= 11 is 0. The number of ether oxygens (including phenoxy) is 2. The van der Waals surface area contributed by atoms with Crippen LogP contribution in [-0.4, -0.2) is 18.5 Å². The van der Waals surface area contributed by atoms with Crippen molar-refractivity contribution in [2.45, 2.75) is 6.92 Å². The topological polar surface area (TPSA) is 64.6 Å². The van der Waals surface area contributed by atoms with Crippen LogP contribution in [0.15, 0.2) is 78.9 Å². The van der Waals surface area contributed by atoms with E-state index in [1.807, 2.05) is 43.3 Å². The summed E-state index contributed by atoms with van der Waals surface area (Å²) in [6, 6.07) is 23.4. The number of carbonyl (C=O) groups excluding carboxylic acids is 2. The van der Waals surface area contributed by atoms with Gasteiger partial charge in [-0.05, 0) is 55.5 Å². The summed E-state index contributed by atoms with van der Waals surface area (Å²) in [5.74, 6) is 0.454. The minimum atomic E-state index is -0.527. The number of esters is 1. The number of nitrogens with one attached hydrogen (secondary N) is 1. The lowest BCUT2D eigenvalue weighted by Crippen LogP contribution is -2.20.